The van der Waals surface area contributed by atoms with Crippen molar-refractivity contribution in [3.05, 3.63) is 87.4 Å². The van der Waals surface area contributed by atoms with Crippen molar-refractivity contribution < 1.29 is 27.1 Å². The molecule has 2 aromatic carbocycles. The van der Waals surface area contributed by atoms with Crippen LogP contribution >= 0.6 is 11.3 Å². The number of amides is 1. The van der Waals surface area contributed by atoms with E-state index in [1.165, 1.54) is 22.2 Å². The van der Waals surface area contributed by atoms with E-state index in [0.29, 0.717) is 5.56 Å². The first-order valence-electron chi connectivity index (χ1n) is 12.2. The minimum atomic E-state index is -2.15. The second kappa shape index (κ2) is 12.2. The number of nitrogens with one attached hydrogen (secondary N) is 1. The van der Waals surface area contributed by atoms with E-state index in [-0.39, 0.29) is 12.3 Å². The molecule has 4 aromatic rings. The van der Waals surface area contributed by atoms with Gasteiger partial charge in [-0.2, -0.15) is 13.9 Å². The number of thiophene rings is 1. The van der Waals surface area contributed by atoms with Gasteiger partial charge >= 0.3 is 11.8 Å². The highest BCUT2D eigenvalue weighted by atomic mass is 32.2. The van der Waals surface area contributed by atoms with Crippen molar-refractivity contribution in [1.29, 1.82) is 0 Å². The smallest absolute Gasteiger partial charge is 0.407 e. The molecule has 1 amide bonds. The van der Waals surface area contributed by atoms with Crippen molar-refractivity contribution in [2.75, 3.05) is 6.54 Å². The lowest BCUT2D eigenvalue weighted by molar-refractivity contribution is 0.0531. The van der Waals surface area contributed by atoms with Gasteiger partial charge in [0.15, 0.2) is 0 Å². The fourth-order valence-corrected chi connectivity index (χ4v) is 5.45. The number of benzene rings is 2. The summed E-state index contributed by atoms with van der Waals surface area (Å²) in [5, 5.41) is 7.24. The van der Waals surface area contributed by atoms with Crippen LogP contribution in [0.3, 0.4) is 0 Å². The summed E-state index contributed by atoms with van der Waals surface area (Å²) in [6.45, 7) is 4.21. The van der Waals surface area contributed by atoms with E-state index in [1.807, 2.05) is 36.4 Å². The molecule has 1 N–H and O–H groups in total. The molecule has 40 heavy (non-hydrogen) atoms. The largest absolute Gasteiger partial charge is 0.772 e. The molecule has 1 atom stereocenters. The van der Waals surface area contributed by atoms with E-state index < -0.39 is 53.2 Å². The van der Waals surface area contributed by atoms with Gasteiger partial charge in [0.25, 0.3) is 6.08 Å². The van der Waals surface area contributed by atoms with Crippen molar-refractivity contribution in [3.63, 3.8) is 0 Å². The lowest BCUT2D eigenvalue weighted by Crippen LogP contribution is -2.35. The molecule has 1 unspecified atom stereocenters. The average Bonchev–Trinajstić information content (AvgIpc) is 3.42. The first kappa shape index (κ1) is 29.3. The highest BCUT2D eigenvalue weighted by Gasteiger charge is 2.18. The van der Waals surface area contributed by atoms with Gasteiger partial charge in [-0.05, 0) is 55.0 Å². The van der Waals surface area contributed by atoms with Crippen molar-refractivity contribution in [2.45, 2.75) is 45.2 Å². The summed E-state index contributed by atoms with van der Waals surface area (Å²) in [4.78, 5) is 25.6. The fourth-order valence-electron chi connectivity index (χ4n) is 3.89. The molecule has 4 rings (SSSR count). The summed E-state index contributed by atoms with van der Waals surface area (Å²) < 4.78 is 57.2. The van der Waals surface area contributed by atoms with Gasteiger partial charge in [-0.3, -0.25) is 8.78 Å². The third-order valence-corrected chi connectivity index (χ3v) is 7.37. The summed E-state index contributed by atoms with van der Waals surface area (Å²) in [7, 11) is 0. The number of hydrogen-bond donors (Lipinski definition) is 1. The van der Waals surface area contributed by atoms with E-state index in [0.717, 1.165) is 30.8 Å². The number of alkyl carbamates (subject to hydrolysis) is 1. The Labute approximate surface area is 235 Å². The number of hydrogen-bond acceptors (Lipinski definition) is 7. The summed E-state index contributed by atoms with van der Waals surface area (Å²) >= 11 is -0.650. The third-order valence-electron chi connectivity index (χ3n) is 5.72. The second-order valence-corrected chi connectivity index (χ2v) is 12.1. The number of nitrogens with zero attached hydrogens (tertiary/aromatic N) is 3. The Morgan fingerprint density at radius 1 is 1.12 bits per heavy atom. The quantitative estimate of drug-likeness (QED) is 0.274. The predicted octanol–water partition coefficient (Wildman–Crippen LogP) is 5.03. The lowest BCUT2D eigenvalue weighted by Gasteiger charge is -2.19. The van der Waals surface area contributed by atoms with Gasteiger partial charge in [0.05, 0.1) is 13.1 Å². The van der Waals surface area contributed by atoms with Crippen molar-refractivity contribution in [1.82, 2.24) is 19.7 Å². The predicted molar refractivity (Wildman–Crippen MR) is 149 cm³/mol. The van der Waals surface area contributed by atoms with Crippen LogP contribution in [0.2, 0.25) is 0 Å². The molecule has 212 valence electrons. The van der Waals surface area contributed by atoms with Gasteiger partial charge in [0.2, 0.25) is 0 Å². The molecule has 0 aliphatic rings. The van der Waals surface area contributed by atoms with Crippen molar-refractivity contribution in [3.8, 4) is 11.1 Å². The molecule has 0 saturated carbocycles. The highest BCUT2D eigenvalue weighted by molar-refractivity contribution is 7.78. The molecule has 2 aromatic heterocycles. The monoisotopic (exact) mass is 589 g/mol. The summed E-state index contributed by atoms with van der Waals surface area (Å²) in [6.07, 6.45) is -1.55. The summed E-state index contributed by atoms with van der Waals surface area (Å²) in [5.41, 5.74) is 0.821. The molecule has 0 aliphatic carbocycles. The molecular formula is C27H27F2N4O5S2-. The zero-order valence-electron chi connectivity index (χ0n) is 22.0. The number of carbonyl (C=O) groups is 1. The van der Waals surface area contributed by atoms with Gasteiger partial charge in [0, 0.05) is 27.4 Å². The van der Waals surface area contributed by atoms with Gasteiger partial charge in [-0.15, -0.1) is 11.3 Å². The standard InChI is InChI=1S/C27H28F2N4O5S2/c1-27(2,3)38-25(34)30-12-21(24(28)29)13-33-26(35)32(16-31-33)14-22-10-20-9-8-19(11-23(20)39-22)18-6-4-17(5-7-18)15-40(36)37/h4-11,16H,12-15H2,1-3H3,(H,30,34)(H,36,37)/p-1. The first-order valence-corrected chi connectivity index (χ1v) is 14.2. The van der Waals surface area contributed by atoms with Crippen LogP contribution in [-0.4, -0.2) is 41.3 Å². The molecule has 9 nitrogen and oxygen atoms in total. The third kappa shape index (κ3) is 7.71. The van der Waals surface area contributed by atoms with Crippen LogP contribution in [0.25, 0.3) is 21.2 Å². The van der Waals surface area contributed by atoms with Crippen LogP contribution in [0.4, 0.5) is 13.6 Å². The van der Waals surface area contributed by atoms with E-state index in [4.69, 9.17) is 4.74 Å². The fraction of sp³-hybridized carbons (Fsp3) is 0.296. The maximum atomic E-state index is 13.5. The Balaban J connectivity index is 1.45. The van der Waals surface area contributed by atoms with E-state index in [2.05, 4.69) is 10.4 Å². The Morgan fingerprint density at radius 3 is 2.48 bits per heavy atom. The Kier molecular flexibility index (Phi) is 8.96. The minimum Gasteiger partial charge on any atom is -0.772 e. The van der Waals surface area contributed by atoms with Crippen LogP contribution in [0.1, 0.15) is 31.2 Å². The maximum absolute atomic E-state index is 13.5. The van der Waals surface area contributed by atoms with Gasteiger partial charge in [0.1, 0.15) is 11.9 Å². The Hall–Kier alpha value is -3.68. The molecule has 0 spiro atoms. The maximum Gasteiger partial charge on any atom is 0.407 e. The average molecular weight is 590 g/mol. The number of ether oxygens (including phenoxy) is 1. The van der Waals surface area contributed by atoms with E-state index in [1.54, 1.807) is 32.9 Å². The van der Waals surface area contributed by atoms with Crippen LogP contribution < -0.4 is 11.0 Å². The van der Waals surface area contributed by atoms with Gasteiger partial charge in [-0.25, -0.2) is 14.3 Å². The lowest BCUT2D eigenvalue weighted by atomic mass is 10.0. The molecule has 2 heterocycles. The second-order valence-electron chi connectivity index (χ2n) is 10.0. The van der Waals surface area contributed by atoms with Crippen LogP contribution in [0.15, 0.2) is 71.3 Å². The van der Waals surface area contributed by atoms with E-state index >= 15 is 0 Å². The van der Waals surface area contributed by atoms with E-state index in [9.17, 15) is 27.1 Å². The van der Waals surface area contributed by atoms with Gasteiger partial charge in [-0.1, -0.05) is 47.5 Å². The molecule has 0 saturated heterocycles. The molecule has 0 fully saturated rings. The van der Waals surface area contributed by atoms with Crippen molar-refractivity contribution >= 4 is 38.6 Å². The topological polar surface area (TPSA) is 118 Å². The Morgan fingerprint density at radius 2 is 1.82 bits per heavy atom. The highest BCUT2D eigenvalue weighted by Crippen LogP contribution is 2.31. The number of halogens is 2. The molecule has 0 aliphatic heterocycles. The SMILES string of the molecule is CC(C)(C)OC(=O)NCC(Cn1ncn(Cc2cc3ccc(-c4ccc(CS(=O)[O-])cc4)cc3s2)c1=O)=C(F)F. The molecule has 0 bridgehead atoms. The summed E-state index contributed by atoms with van der Waals surface area (Å²) in [5.74, 6) is -0.0349. The number of rotatable bonds is 9. The van der Waals surface area contributed by atoms with Crippen LogP contribution in [0, 0.1) is 0 Å². The first-order chi connectivity index (χ1) is 18.9. The minimum absolute atomic E-state index is 0.0349. The molecular weight excluding hydrogens is 562 g/mol. The number of fused-ring (bicyclic) bond motifs is 1. The van der Waals surface area contributed by atoms with Crippen molar-refractivity contribution in [2.24, 2.45) is 0 Å². The normalized spacial score (nSPS) is 12.3. The van der Waals surface area contributed by atoms with Crippen LogP contribution in [0.5, 0.6) is 0 Å². The van der Waals surface area contributed by atoms with Gasteiger partial charge < -0.3 is 14.6 Å². The molecule has 0 radical (unpaired) electrons. The summed E-state index contributed by atoms with van der Waals surface area (Å²) in [6, 6.07) is 15.2. The van der Waals surface area contributed by atoms with Crippen LogP contribution in [-0.2, 0) is 34.7 Å². The zero-order chi connectivity index (χ0) is 29.0. The number of aromatic nitrogens is 3. The zero-order valence-corrected chi connectivity index (χ0v) is 23.6. The Bertz CT molecular complexity index is 1630. The number of carbonyl (C=O) groups excluding carboxylic acids is 1. The molecule has 13 heteroatoms.